The summed E-state index contributed by atoms with van der Waals surface area (Å²) in [5, 5.41) is 0. The molecule has 1 aliphatic heterocycles. The smallest absolute Gasteiger partial charge is 0.255 e. The summed E-state index contributed by atoms with van der Waals surface area (Å²) in [4.78, 5) is 18.1. The summed E-state index contributed by atoms with van der Waals surface area (Å²) in [5.74, 6) is -0.0995. The Balaban J connectivity index is 2.05. The van der Waals surface area contributed by atoms with E-state index in [-0.39, 0.29) is 11.9 Å². The van der Waals surface area contributed by atoms with Crippen LogP contribution in [0.4, 0.5) is 0 Å². The minimum Gasteiger partial charge on any atom is -0.337 e. The van der Waals surface area contributed by atoms with Crippen LogP contribution < -0.4 is 4.72 Å². The van der Waals surface area contributed by atoms with Gasteiger partial charge in [-0.1, -0.05) is 0 Å². The van der Waals surface area contributed by atoms with Crippen molar-refractivity contribution in [3.05, 3.63) is 29.6 Å². The predicted octanol–water partition coefficient (Wildman–Crippen LogP) is 0.544. The molecule has 2 heterocycles. The van der Waals surface area contributed by atoms with Crippen LogP contribution in [0.15, 0.2) is 18.3 Å². The first-order valence-corrected chi connectivity index (χ1v) is 8.43. The molecule has 1 saturated heterocycles. The molecule has 0 aromatic carbocycles. The van der Waals surface area contributed by atoms with E-state index >= 15 is 0 Å². The first kappa shape index (κ1) is 14.9. The van der Waals surface area contributed by atoms with Crippen molar-refractivity contribution in [2.24, 2.45) is 0 Å². The van der Waals surface area contributed by atoms with Crippen LogP contribution in [0.25, 0.3) is 0 Å². The molecular weight excluding hydrogens is 278 g/mol. The number of carbonyl (C=O) groups excluding carboxylic acids is 1. The zero-order chi connectivity index (χ0) is 14.8. The largest absolute Gasteiger partial charge is 0.337 e. The van der Waals surface area contributed by atoms with Crippen LogP contribution in [0.5, 0.6) is 0 Å². The summed E-state index contributed by atoms with van der Waals surface area (Å²) >= 11 is 0. The first-order valence-electron chi connectivity index (χ1n) is 6.54. The van der Waals surface area contributed by atoms with Gasteiger partial charge in [-0.25, -0.2) is 13.1 Å². The van der Waals surface area contributed by atoms with Gasteiger partial charge in [0.15, 0.2) is 0 Å². The summed E-state index contributed by atoms with van der Waals surface area (Å²) < 4.78 is 25.1. The van der Waals surface area contributed by atoms with Crippen LogP contribution in [0, 0.1) is 6.92 Å². The van der Waals surface area contributed by atoms with Gasteiger partial charge in [0.1, 0.15) is 0 Å². The number of rotatable bonds is 3. The maximum absolute atomic E-state index is 12.3. The SMILES string of the molecule is Cc1ccc(C(=O)N2CCC[C@@H](NS(C)(=O)=O)C2)cn1. The summed E-state index contributed by atoms with van der Waals surface area (Å²) in [5.41, 5.74) is 1.40. The minimum absolute atomic E-state index is 0.0995. The van der Waals surface area contributed by atoms with Crippen LogP contribution in [0.3, 0.4) is 0 Å². The van der Waals surface area contributed by atoms with Gasteiger partial charge in [0, 0.05) is 31.0 Å². The van der Waals surface area contributed by atoms with E-state index in [1.807, 2.05) is 6.92 Å². The van der Waals surface area contributed by atoms with Gasteiger partial charge >= 0.3 is 0 Å². The van der Waals surface area contributed by atoms with Crippen LogP contribution in [-0.4, -0.2) is 49.6 Å². The summed E-state index contributed by atoms with van der Waals surface area (Å²) in [6, 6.07) is 3.34. The van der Waals surface area contributed by atoms with E-state index in [9.17, 15) is 13.2 Å². The molecule has 1 atom stereocenters. The maximum Gasteiger partial charge on any atom is 0.255 e. The Bertz CT molecular complexity index is 583. The van der Waals surface area contributed by atoms with E-state index in [0.29, 0.717) is 18.7 Å². The molecule has 1 aromatic rings. The molecule has 1 N–H and O–H groups in total. The molecular formula is C13H19N3O3S. The number of aromatic nitrogens is 1. The van der Waals surface area contributed by atoms with Crippen LogP contribution in [0.2, 0.25) is 0 Å². The fourth-order valence-electron chi connectivity index (χ4n) is 2.34. The highest BCUT2D eigenvalue weighted by atomic mass is 32.2. The van der Waals surface area contributed by atoms with E-state index < -0.39 is 10.0 Å². The highest BCUT2D eigenvalue weighted by molar-refractivity contribution is 7.88. The molecule has 2 rings (SSSR count). The van der Waals surface area contributed by atoms with Crippen molar-refractivity contribution in [2.45, 2.75) is 25.8 Å². The van der Waals surface area contributed by atoms with Gasteiger partial charge in [-0.15, -0.1) is 0 Å². The molecule has 0 bridgehead atoms. The lowest BCUT2D eigenvalue weighted by molar-refractivity contribution is 0.0702. The number of likely N-dealkylation sites (tertiary alicyclic amines) is 1. The monoisotopic (exact) mass is 297 g/mol. The van der Waals surface area contributed by atoms with Crippen molar-refractivity contribution in [3.63, 3.8) is 0 Å². The van der Waals surface area contributed by atoms with E-state index in [2.05, 4.69) is 9.71 Å². The molecule has 1 fully saturated rings. The molecule has 0 spiro atoms. The number of hydrogen-bond acceptors (Lipinski definition) is 4. The van der Waals surface area contributed by atoms with Gasteiger partial charge in [-0.05, 0) is 31.9 Å². The van der Waals surface area contributed by atoms with E-state index in [1.165, 1.54) is 0 Å². The molecule has 0 saturated carbocycles. The zero-order valence-corrected chi connectivity index (χ0v) is 12.5. The summed E-state index contributed by atoms with van der Waals surface area (Å²) in [6.45, 7) is 2.91. The van der Waals surface area contributed by atoms with Gasteiger partial charge in [0.05, 0.1) is 11.8 Å². The van der Waals surface area contributed by atoms with Gasteiger partial charge in [0.2, 0.25) is 10.0 Å². The standard InChI is InChI=1S/C13H19N3O3S/c1-10-5-6-11(8-14-10)13(17)16-7-3-4-12(9-16)15-20(2,18)19/h5-6,8,12,15H,3-4,7,9H2,1-2H3/t12-/m1/s1. The Morgan fingerprint density at radius 3 is 2.80 bits per heavy atom. The summed E-state index contributed by atoms with van der Waals surface area (Å²) in [6.07, 6.45) is 4.24. The van der Waals surface area contributed by atoms with Crippen molar-refractivity contribution in [3.8, 4) is 0 Å². The Morgan fingerprint density at radius 1 is 1.45 bits per heavy atom. The Labute approximate surface area is 119 Å². The molecule has 0 radical (unpaired) electrons. The molecule has 0 aliphatic carbocycles. The molecule has 20 heavy (non-hydrogen) atoms. The van der Waals surface area contributed by atoms with Gasteiger partial charge in [0.25, 0.3) is 5.91 Å². The Kier molecular flexibility index (Phi) is 4.39. The number of nitrogens with one attached hydrogen (secondary N) is 1. The first-order chi connectivity index (χ1) is 9.35. The average Bonchev–Trinajstić information content (AvgIpc) is 2.37. The molecule has 7 heteroatoms. The molecule has 1 aromatic heterocycles. The molecule has 1 amide bonds. The fraction of sp³-hybridized carbons (Fsp3) is 0.538. The molecule has 0 unspecified atom stereocenters. The van der Waals surface area contributed by atoms with Crippen molar-refractivity contribution in [1.29, 1.82) is 0 Å². The second-order valence-corrected chi connectivity index (χ2v) is 6.95. The third kappa shape index (κ3) is 4.01. The lowest BCUT2D eigenvalue weighted by Crippen LogP contribution is -2.49. The van der Waals surface area contributed by atoms with E-state index in [4.69, 9.17) is 0 Å². The lowest BCUT2D eigenvalue weighted by Gasteiger charge is -2.32. The highest BCUT2D eigenvalue weighted by Gasteiger charge is 2.26. The second kappa shape index (κ2) is 5.88. The van der Waals surface area contributed by atoms with Crippen molar-refractivity contribution in [2.75, 3.05) is 19.3 Å². The number of aryl methyl sites for hydroxylation is 1. The van der Waals surface area contributed by atoms with Crippen LogP contribution >= 0.6 is 0 Å². The van der Waals surface area contributed by atoms with Gasteiger partial charge in [-0.3, -0.25) is 9.78 Å². The maximum atomic E-state index is 12.3. The van der Waals surface area contributed by atoms with Gasteiger partial charge < -0.3 is 4.90 Å². The number of nitrogens with zero attached hydrogens (tertiary/aromatic N) is 2. The Hall–Kier alpha value is -1.47. The number of hydrogen-bond donors (Lipinski definition) is 1. The van der Waals surface area contributed by atoms with Crippen molar-refractivity contribution in [1.82, 2.24) is 14.6 Å². The van der Waals surface area contributed by atoms with Crippen molar-refractivity contribution >= 4 is 15.9 Å². The van der Waals surface area contributed by atoms with Crippen molar-refractivity contribution < 1.29 is 13.2 Å². The predicted molar refractivity (Wildman–Crippen MR) is 75.9 cm³/mol. The number of carbonyl (C=O) groups is 1. The molecule has 1 aliphatic rings. The number of piperidine rings is 1. The second-order valence-electron chi connectivity index (χ2n) is 5.17. The molecule has 6 nitrogen and oxygen atoms in total. The number of amides is 1. The fourth-order valence-corrected chi connectivity index (χ4v) is 3.14. The topological polar surface area (TPSA) is 79.4 Å². The molecule has 110 valence electrons. The normalized spacial score (nSPS) is 19.9. The number of sulfonamides is 1. The zero-order valence-electron chi connectivity index (χ0n) is 11.7. The quantitative estimate of drug-likeness (QED) is 0.883. The third-order valence-corrected chi connectivity index (χ3v) is 4.01. The average molecular weight is 297 g/mol. The Morgan fingerprint density at radius 2 is 2.20 bits per heavy atom. The highest BCUT2D eigenvalue weighted by Crippen LogP contribution is 2.14. The summed E-state index contributed by atoms with van der Waals surface area (Å²) in [7, 11) is -3.24. The third-order valence-electron chi connectivity index (χ3n) is 3.25. The minimum atomic E-state index is -3.24. The van der Waals surface area contributed by atoms with Crippen LogP contribution in [-0.2, 0) is 10.0 Å². The van der Waals surface area contributed by atoms with E-state index in [1.54, 1.807) is 23.2 Å². The number of pyridine rings is 1. The lowest BCUT2D eigenvalue weighted by atomic mass is 10.1. The van der Waals surface area contributed by atoms with E-state index in [0.717, 1.165) is 24.8 Å². The van der Waals surface area contributed by atoms with Crippen LogP contribution in [0.1, 0.15) is 28.9 Å². The van der Waals surface area contributed by atoms with Gasteiger partial charge in [-0.2, -0.15) is 0 Å².